The number of unbranched alkanes of at least 4 members (excludes halogenated alkanes) is 1. The van der Waals surface area contributed by atoms with Crippen molar-refractivity contribution >= 4 is 0 Å². The van der Waals surface area contributed by atoms with Crippen LogP contribution in [0.25, 0.3) is 0 Å². The molecule has 15 heavy (non-hydrogen) atoms. The second kappa shape index (κ2) is 8.12. The number of nitrogens with one attached hydrogen (secondary N) is 1. The van der Waals surface area contributed by atoms with E-state index in [1.165, 1.54) is 64.7 Å². The van der Waals surface area contributed by atoms with Crippen molar-refractivity contribution in [2.24, 2.45) is 0 Å². The lowest BCUT2D eigenvalue weighted by Gasteiger charge is -2.15. The Morgan fingerprint density at radius 3 is 2.60 bits per heavy atom. The minimum absolute atomic E-state index is 0.710. The molecule has 0 aromatic carbocycles. The SMILES string of the molecule is CCCC(C)NCCCCN1CCCC1. The molecule has 0 aromatic heterocycles. The van der Waals surface area contributed by atoms with Crippen LogP contribution >= 0.6 is 0 Å². The van der Waals surface area contributed by atoms with E-state index >= 15 is 0 Å². The lowest BCUT2D eigenvalue weighted by molar-refractivity contribution is 0.327. The number of rotatable bonds is 8. The molecule has 1 heterocycles. The summed E-state index contributed by atoms with van der Waals surface area (Å²) in [6.07, 6.45) is 8.15. The maximum absolute atomic E-state index is 3.59. The molecule has 0 aromatic rings. The summed E-state index contributed by atoms with van der Waals surface area (Å²) in [5.41, 5.74) is 0. The van der Waals surface area contributed by atoms with Crippen LogP contribution in [-0.2, 0) is 0 Å². The van der Waals surface area contributed by atoms with E-state index in [0.717, 1.165) is 0 Å². The lowest BCUT2D eigenvalue weighted by atomic mass is 10.2. The van der Waals surface area contributed by atoms with Crippen molar-refractivity contribution in [1.82, 2.24) is 10.2 Å². The van der Waals surface area contributed by atoms with Gasteiger partial charge in [-0.15, -0.1) is 0 Å². The highest BCUT2D eigenvalue weighted by molar-refractivity contribution is 4.66. The zero-order valence-electron chi connectivity index (χ0n) is 10.6. The van der Waals surface area contributed by atoms with Crippen molar-refractivity contribution in [3.8, 4) is 0 Å². The number of likely N-dealkylation sites (tertiary alicyclic amines) is 1. The largest absolute Gasteiger partial charge is 0.314 e. The molecule has 1 unspecified atom stereocenters. The molecule has 1 aliphatic heterocycles. The van der Waals surface area contributed by atoms with Gasteiger partial charge in [-0.05, 0) is 65.2 Å². The topological polar surface area (TPSA) is 15.3 Å². The first-order chi connectivity index (χ1) is 7.33. The molecule has 1 rings (SSSR count). The Morgan fingerprint density at radius 2 is 1.93 bits per heavy atom. The van der Waals surface area contributed by atoms with Gasteiger partial charge in [-0.1, -0.05) is 13.3 Å². The molecular weight excluding hydrogens is 184 g/mol. The highest BCUT2D eigenvalue weighted by Gasteiger charge is 2.09. The highest BCUT2D eigenvalue weighted by atomic mass is 15.1. The van der Waals surface area contributed by atoms with E-state index in [0.29, 0.717) is 6.04 Å². The van der Waals surface area contributed by atoms with Gasteiger partial charge in [0.15, 0.2) is 0 Å². The summed E-state index contributed by atoms with van der Waals surface area (Å²) in [4.78, 5) is 2.61. The van der Waals surface area contributed by atoms with Gasteiger partial charge in [0.2, 0.25) is 0 Å². The number of hydrogen-bond donors (Lipinski definition) is 1. The van der Waals surface area contributed by atoms with Gasteiger partial charge in [-0.3, -0.25) is 0 Å². The van der Waals surface area contributed by atoms with Gasteiger partial charge in [-0.25, -0.2) is 0 Å². The van der Waals surface area contributed by atoms with Crippen LogP contribution in [0.3, 0.4) is 0 Å². The van der Waals surface area contributed by atoms with E-state index in [1.54, 1.807) is 0 Å². The van der Waals surface area contributed by atoms with Crippen molar-refractivity contribution in [1.29, 1.82) is 0 Å². The van der Waals surface area contributed by atoms with E-state index in [4.69, 9.17) is 0 Å². The van der Waals surface area contributed by atoms with Gasteiger partial charge >= 0.3 is 0 Å². The van der Waals surface area contributed by atoms with E-state index in [-0.39, 0.29) is 0 Å². The molecule has 1 N–H and O–H groups in total. The average molecular weight is 212 g/mol. The molecule has 0 bridgehead atoms. The van der Waals surface area contributed by atoms with E-state index in [1.807, 2.05) is 0 Å². The maximum atomic E-state index is 3.59. The molecule has 1 fully saturated rings. The zero-order valence-corrected chi connectivity index (χ0v) is 10.6. The molecule has 0 aliphatic carbocycles. The van der Waals surface area contributed by atoms with Gasteiger partial charge in [0.05, 0.1) is 0 Å². The van der Waals surface area contributed by atoms with Crippen molar-refractivity contribution in [2.75, 3.05) is 26.2 Å². The first kappa shape index (κ1) is 13.0. The standard InChI is InChI=1S/C13H28N2/c1-3-8-13(2)14-9-4-5-10-15-11-6-7-12-15/h13-14H,3-12H2,1-2H3. The molecule has 90 valence electrons. The normalized spacial score (nSPS) is 19.6. The first-order valence-corrected chi connectivity index (χ1v) is 6.78. The number of nitrogens with zero attached hydrogens (tertiary/aromatic N) is 1. The van der Waals surface area contributed by atoms with Crippen LogP contribution in [0, 0.1) is 0 Å². The van der Waals surface area contributed by atoms with Crippen molar-refractivity contribution in [2.45, 2.75) is 58.4 Å². The Morgan fingerprint density at radius 1 is 1.20 bits per heavy atom. The summed E-state index contributed by atoms with van der Waals surface area (Å²) >= 11 is 0. The van der Waals surface area contributed by atoms with Crippen molar-refractivity contribution < 1.29 is 0 Å². The highest BCUT2D eigenvalue weighted by Crippen LogP contribution is 2.08. The quantitative estimate of drug-likeness (QED) is 0.622. The maximum Gasteiger partial charge on any atom is 0.00386 e. The lowest BCUT2D eigenvalue weighted by Crippen LogP contribution is -2.27. The molecule has 0 spiro atoms. The molecule has 0 amide bonds. The Labute approximate surface area is 95.4 Å². The van der Waals surface area contributed by atoms with Gasteiger partial charge in [0.25, 0.3) is 0 Å². The molecule has 0 radical (unpaired) electrons. The third-order valence-electron chi connectivity index (χ3n) is 3.31. The minimum atomic E-state index is 0.710. The van der Waals surface area contributed by atoms with Gasteiger partial charge in [-0.2, -0.15) is 0 Å². The summed E-state index contributed by atoms with van der Waals surface area (Å²) in [5.74, 6) is 0. The van der Waals surface area contributed by atoms with Crippen LogP contribution in [-0.4, -0.2) is 37.1 Å². The van der Waals surface area contributed by atoms with Crippen LogP contribution in [0.1, 0.15) is 52.4 Å². The molecule has 2 heteroatoms. The monoisotopic (exact) mass is 212 g/mol. The first-order valence-electron chi connectivity index (χ1n) is 6.78. The van der Waals surface area contributed by atoms with E-state index in [9.17, 15) is 0 Å². The molecule has 0 saturated carbocycles. The molecular formula is C13H28N2. The van der Waals surface area contributed by atoms with E-state index in [2.05, 4.69) is 24.1 Å². The molecule has 1 atom stereocenters. The predicted octanol–water partition coefficient (Wildman–Crippen LogP) is 2.64. The van der Waals surface area contributed by atoms with E-state index < -0.39 is 0 Å². The van der Waals surface area contributed by atoms with Gasteiger partial charge in [0, 0.05) is 6.04 Å². The summed E-state index contributed by atoms with van der Waals surface area (Å²) in [7, 11) is 0. The van der Waals surface area contributed by atoms with Crippen LogP contribution in [0.5, 0.6) is 0 Å². The average Bonchev–Trinajstić information content (AvgIpc) is 2.70. The second-order valence-electron chi connectivity index (χ2n) is 4.90. The smallest absolute Gasteiger partial charge is 0.00386 e. The number of hydrogen-bond acceptors (Lipinski definition) is 2. The molecule has 2 nitrogen and oxygen atoms in total. The fourth-order valence-corrected chi connectivity index (χ4v) is 2.35. The Kier molecular flexibility index (Phi) is 7.03. The zero-order chi connectivity index (χ0) is 10.9. The Hall–Kier alpha value is -0.0800. The van der Waals surface area contributed by atoms with Crippen LogP contribution in [0.2, 0.25) is 0 Å². The third-order valence-corrected chi connectivity index (χ3v) is 3.31. The summed E-state index contributed by atoms with van der Waals surface area (Å²) < 4.78 is 0. The molecule has 1 aliphatic rings. The van der Waals surface area contributed by atoms with Crippen LogP contribution in [0.4, 0.5) is 0 Å². The van der Waals surface area contributed by atoms with Crippen molar-refractivity contribution in [3.63, 3.8) is 0 Å². The third kappa shape index (κ3) is 6.16. The Bertz CT molecular complexity index is 141. The van der Waals surface area contributed by atoms with Crippen molar-refractivity contribution in [3.05, 3.63) is 0 Å². The fourth-order valence-electron chi connectivity index (χ4n) is 2.35. The molecule has 1 saturated heterocycles. The Balaban J connectivity index is 1.84. The van der Waals surface area contributed by atoms with Gasteiger partial charge < -0.3 is 10.2 Å². The van der Waals surface area contributed by atoms with Gasteiger partial charge in [0.1, 0.15) is 0 Å². The predicted molar refractivity (Wildman–Crippen MR) is 67.3 cm³/mol. The minimum Gasteiger partial charge on any atom is -0.314 e. The fraction of sp³-hybridized carbons (Fsp3) is 1.00. The summed E-state index contributed by atoms with van der Waals surface area (Å²) in [6.45, 7) is 9.77. The summed E-state index contributed by atoms with van der Waals surface area (Å²) in [5, 5.41) is 3.59. The van der Waals surface area contributed by atoms with Crippen LogP contribution in [0.15, 0.2) is 0 Å². The summed E-state index contributed by atoms with van der Waals surface area (Å²) in [6, 6.07) is 0.710. The van der Waals surface area contributed by atoms with Crippen LogP contribution < -0.4 is 5.32 Å². The second-order valence-corrected chi connectivity index (χ2v) is 4.90.